The maximum absolute atomic E-state index is 11.0. The summed E-state index contributed by atoms with van der Waals surface area (Å²) >= 11 is 1.19. The number of hydrogen-bond acceptors (Lipinski definition) is 5. The Morgan fingerprint density at radius 2 is 2.22 bits per heavy atom. The van der Waals surface area contributed by atoms with E-state index in [9.17, 15) is 14.9 Å². The monoisotopic (exact) mass is 271 g/mol. The van der Waals surface area contributed by atoms with E-state index < -0.39 is 10.9 Å². The lowest BCUT2D eigenvalue weighted by molar-refractivity contribution is -0.388. The van der Waals surface area contributed by atoms with Gasteiger partial charge in [0.05, 0.1) is 9.82 Å². The van der Waals surface area contributed by atoms with Gasteiger partial charge in [-0.2, -0.15) is 0 Å². The fraction of sp³-hybridized carbons (Fsp3) is 0.364. The van der Waals surface area contributed by atoms with Crippen molar-refractivity contribution in [3.8, 4) is 0 Å². The fourth-order valence-corrected chi connectivity index (χ4v) is 2.55. The Morgan fingerprint density at radius 1 is 1.56 bits per heavy atom. The van der Waals surface area contributed by atoms with Crippen LogP contribution in [0.1, 0.15) is 23.7 Å². The minimum Gasteiger partial charge on any atom is -0.477 e. The molecule has 0 saturated heterocycles. The van der Waals surface area contributed by atoms with E-state index in [0.717, 1.165) is 0 Å². The quantitative estimate of drug-likeness (QED) is 0.467. The second kappa shape index (κ2) is 6.36. The number of thioether (sulfide) groups is 1. The molecule has 98 valence electrons. The van der Waals surface area contributed by atoms with Crippen molar-refractivity contribution in [2.75, 3.05) is 6.61 Å². The smallest absolute Gasteiger partial charge is 0.342 e. The molecule has 1 unspecified atom stereocenters. The van der Waals surface area contributed by atoms with Gasteiger partial charge < -0.3 is 10.2 Å². The third kappa shape index (κ3) is 3.44. The number of nitro benzene ring substituents is 1. The number of carboxylic acid groups (broad SMARTS) is 1. The molecule has 0 amide bonds. The van der Waals surface area contributed by atoms with Gasteiger partial charge in [-0.15, -0.1) is 11.8 Å². The first kappa shape index (κ1) is 14.5. The zero-order chi connectivity index (χ0) is 13.7. The molecule has 0 aliphatic carbocycles. The maximum Gasteiger partial charge on any atom is 0.342 e. The highest BCUT2D eigenvalue weighted by atomic mass is 32.2. The third-order valence-electron chi connectivity index (χ3n) is 2.28. The predicted octanol–water partition coefficient (Wildman–Crippen LogP) is 2.16. The second-order valence-electron chi connectivity index (χ2n) is 3.66. The summed E-state index contributed by atoms with van der Waals surface area (Å²) in [5.41, 5.74) is -0.707. The van der Waals surface area contributed by atoms with Crippen LogP contribution in [0.3, 0.4) is 0 Å². The summed E-state index contributed by atoms with van der Waals surface area (Å²) in [7, 11) is 0. The first-order chi connectivity index (χ1) is 8.47. The van der Waals surface area contributed by atoms with E-state index in [0.29, 0.717) is 11.3 Å². The number of aliphatic hydroxyl groups excluding tert-OH is 1. The largest absolute Gasteiger partial charge is 0.477 e. The Balaban J connectivity index is 3.15. The fourth-order valence-electron chi connectivity index (χ4n) is 1.44. The average molecular weight is 271 g/mol. The number of nitro groups is 1. The molecular formula is C11H13NO5S. The normalized spacial score (nSPS) is 12.1. The van der Waals surface area contributed by atoms with Gasteiger partial charge in [-0.3, -0.25) is 10.1 Å². The molecule has 1 atom stereocenters. The third-order valence-corrected chi connectivity index (χ3v) is 3.50. The topological polar surface area (TPSA) is 101 Å². The van der Waals surface area contributed by atoms with Crippen LogP contribution < -0.4 is 0 Å². The van der Waals surface area contributed by atoms with Crippen LogP contribution in [0.4, 0.5) is 5.69 Å². The molecule has 2 N–H and O–H groups in total. The van der Waals surface area contributed by atoms with Crippen LogP contribution in [0.25, 0.3) is 0 Å². The summed E-state index contributed by atoms with van der Waals surface area (Å²) in [4.78, 5) is 21.5. The van der Waals surface area contributed by atoms with Crippen molar-refractivity contribution < 1.29 is 19.9 Å². The highest BCUT2D eigenvalue weighted by molar-refractivity contribution is 8.00. The molecule has 18 heavy (non-hydrogen) atoms. The zero-order valence-corrected chi connectivity index (χ0v) is 10.5. The summed E-state index contributed by atoms with van der Waals surface area (Å²) in [6.45, 7) is 1.80. The minimum atomic E-state index is -1.32. The molecule has 0 radical (unpaired) electrons. The van der Waals surface area contributed by atoms with E-state index in [1.54, 1.807) is 0 Å². The molecule has 1 aromatic carbocycles. The van der Waals surface area contributed by atoms with Crippen molar-refractivity contribution in [1.82, 2.24) is 0 Å². The summed E-state index contributed by atoms with van der Waals surface area (Å²) in [5.74, 6) is -1.32. The van der Waals surface area contributed by atoms with Crippen molar-refractivity contribution in [3.63, 3.8) is 0 Å². The molecule has 0 aromatic heterocycles. The van der Waals surface area contributed by atoms with Gasteiger partial charge in [0.15, 0.2) is 0 Å². The van der Waals surface area contributed by atoms with Gasteiger partial charge in [0.1, 0.15) is 5.56 Å². The highest BCUT2D eigenvalue weighted by Crippen LogP contribution is 2.35. The van der Waals surface area contributed by atoms with E-state index in [-0.39, 0.29) is 23.1 Å². The molecule has 1 rings (SSSR count). The summed E-state index contributed by atoms with van der Waals surface area (Å²) < 4.78 is 0. The molecule has 0 fully saturated rings. The van der Waals surface area contributed by atoms with Crippen LogP contribution in [0, 0.1) is 10.1 Å². The maximum atomic E-state index is 11.0. The molecule has 7 heteroatoms. The average Bonchev–Trinajstić information content (AvgIpc) is 2.28. The summed E-state index contributed by atoms with van der Waals surface area (Å²) in [5, 5.41) is 28.7. The van der Waals surface area contributed by atoms with Crippen molar-refractivity contribution in [1.29, 1.82) is 0 Å². The number of para-hydroxylation sites is 1. The Bertz CT molecular complexity index is 463. The van der Waals surface area contributed by atoms with Crippen molar-refractivity contribution in [2.45, 2.75) is 23.5 Å². The number of hydrogen-bond donors (Lipinski definition) is 2. The van der Waals surface area contributed by atoms with Crippen LogP contribution in [0.15, 0.2) is 23.1 Å². The van der Waals surface area contributed by atoms with Gasteiger partial charge in [-0.25, -0.2) is 4.79 Å². The Morgan fingerprint density at radius 3 is 2.72 bits per heavy atom. The number of aliphatic hydroxyl groups is 1. The highest BCUT2D eigenvalue weighted by Gasteiger charge is 2.25. The molecule has 0 spiro atoms. The molecule has 0 bridgehead atoms. The van der Waals surface area contributed by atoms with Crippen LogP contribution in [0.5, 0.6) is 0 Å². The van der Waals surface area contributed by atoms with Crippen LogP contribution in [-0.2, 0) is 0 Å². The number of carbonyl (C=O) groups is 1. The molecule has 0 saturated carbocycles. The first-order valence-corrected chi connectivity index (χ1v) is 6.13. The predicted molar refractivity (Wildman–Crippen MR) is 67.1 cm³/mol. The standard InChI is InChI=1S/C11H13NO5S/c1-7(5-6-13)18-9-4-2-3-8(11(14)15)10(9)12(16)17/h2-4,7,13H,5-6H2,1H3,(H,14,15). The number of aromatic carboxylic acids is 1. The zero-order valence-electron chi connectivity index (χ0n) is 9.70. The van der Waals surface area contributed by atoms with Gasteiger partial charge in [-0.05, 0) is 18.6 Å². The minimum absolute atomic E-state index is 0.0133. The van der Waals surface area contributed by atoms with E-state index in [4.69, 9.17) is 10.2 Å². The first-order valence-electron chi connectivity index (χ1n) is 5.25. The van der Waals surface area contributed by atoms with Gasteiger partial charge in [0.25, 0.3) is 5.69 Å². The lowest BCUT2D eigenvalue weighted by Gasteiger charge is -2.10. The Kier molecular flexibility index (Phi) is 5.11. The number of rotatable bonds is 6. The van der Waals surface area contributed by atoms with Crippen LogP contribution >= 0.6 is 11.8 Å². The lowest BCUT2D eigenvalue weighted by Crippen LogP contribution is -2.05. The van der Waals surface area contributed by atoms with Gasteiger partial charge in [-0.1, -0.05) is 13.0 Å². The number of nitrogens with zero attached hydrogens (tertiary/aromatic N) is 1. The second-order valence-corrected chi connectivity index (χ2v) is 5.14. The van der Waals surface area contributed by atoms with Crippen molar-refractivity contribution >= 4 is 23.4 Å². The van der Waals surface area contributed by atoms with Crippen LogP contribution in [-0.4, -0.2) is 33.0 Å². The van der Waals surface area contributed by atoms with Gasteiger partial charge in [0, 0.05) is 11.9 Å². The van der Waals surface area contributed by atoms with Crippen molar-refractivity contribution in [2.24, 2.45) is 0 Å². The van der Waals surface area contributed by atoms with Gasteiger partial charge in [0.2, 0.25) is 0 Å². The molecular weight excluding hydrogens is 258 g/mol. The summed E-state index contributed by atoms with van der Waals surface area (Å²) in [6.07, 6.45) is 0.485. The summed E-state index contributed by atoms with van der Waals surface area (Å²) in [6, 6.07) is 4.20. The van der Waals surface area contributed by atoms with Crippen LogP contribution in [0.2, 0.25) is 0 Å². The van der Waals surface area contributed by atoms with E-state index >= 15 is 0 Å². The van der Waals surface area contributed by atoms with Gasteiger partial charge >= 0.3 is 5.97 Å². The number of carboxylic acids is 1. The SMILES string of the molecule is CC(CCO)Sc1cccc(C(=O)O)c1[N+](=O)[O-]. The molecule has 0 aliphatic heterocycles. The van der Waals surface area contributed by atoms with Crippen molar-refractivity contribution in [3.05, 3.63) is 33.9 Å². The molecule has 0 heterocycles. The molecule has 0 aliphatic rings. The van der Waals surface area contributed by atoms with E-state index in [2.05, 4.69) is 0 Å². The number of benzene rings is 1. The Hall–Kier alpha value is -1.60. The molecule has 1 aromatic rings. The molecule has 6 nitrogen and oxygen atoms in total. The van der Waals surface area contributed by atoms with E-state index in [1.807, 2.05) is 6.92 Å². The van der Waals surface area contributed by atoms with E-state index in [1.165, 1.54) is 30.0 Å². The lowest BCUT2D eigenvalue weighted by atomic mass is 10.2. The Labute approximate surface area is 108 Å².